The lowest BCUT2D eigenvalue weighted by Gasteiger charge is -2.33. The van der Waals surface area contributed by atoms with Crippen LogP contribution in [0, 0.1) is 0 Å². The Morgan fingerprint density at radius 2 is 0.727 bits per heavy atom. The Bertz CT molecular complexity index is 551. The molecule has 0 aliphatic heterocycles. The van der Waals surface area contributed by atoms with Crippen molar-refractivity contribution in [3.63, 3.8) is 0 Å². The standard InChI is InChI=1S/C9H25NO6Si2.C8H20O4Si.C7H19NO3Si.H2O/c1-10-8-7-9-17(11-2,12-3)16-18(13-4,14-5)15-6;1-5-9-13(10-6-2,11-7-3)12-8-4;1-8-6-5-7-12(9-2,10-3)11-4;/h10H,7-9H2,1-6H3;5-8H2,1-4H3;8H,5-7H2,1-4H3;1H2. The highest BCUT2D eigenvalue weighted by Gasteiger charge is 2.54. The number of rotatable bonds is 26. The van der Waals surface area contributed by atoms with Crippen molar-refractivity contribution in [2.75, 3.05) is 110 Å². The Hall–Kier alpha value is 0.228. The van der Waals surface area contributed by atoms with E-state index >= 15 is 0 Å². The third kappa shape index (κ3) is 21.2. The summed E-state index contributed by atoms with van der Waals surface area (Å²) in [4.78, 5) is 0. The maximum atomic E-state index is 5.86. The summed E-state index contributed by atoms with van der Waals surface area (Å²) in [5.41, 5.74) is 0. The third-order valence-electron chi connectivity index (χ3n) is 5.69. The average Bonchev–Trinajstić information content (AvgIpc) is 3.03. The highest BCUT2D eigenvalue weighted by atomic mass is 28.5. The van der Waals surface area contributed by atoms with Gasteiger partial charge in [-0.15, -0.1) is 0 Å². The molecule has 0 fully saturated rings. The monoisotopic (exact) mass is 718 g/mol. The number of hydrogen-bond acceptors (Lipinski definition) is 15. The smallest absolute Gasteiger partial charge is 0.412 e. The first kappa shape index (κ1) is 51.1. The molecule has 0 aromatic rings. The van der Waals surface area contributed by atoms with Gasteiger partial charge in [-0.05, 0) is 67.7 Å². The SMILES string of the molecule is CCO[Si](OCC)(OCC)OCC.CNCCC[Si](OC)(OC)OC.CNCCC[Si](OC)(OC)O[Si](OC)(OC)OC.O. The highest BCUT2D eigenvalue weighted by molar-refractivity contribution is 6.72. The summed E-state index contributed by atoms with van der Waals surface area (Å²) in [5.74, 6) is 0. The lowest BCUT2D eigenvalue weighted by atomic mass is 10.5. The van der Waals surface area contributed by atoms with Crippen molar-refractivity contribution in [3.05, 3.63) is 0 Å². The van der Waals surface area contributed by atoms with Crippen molar-refractivity contribution >= 4 is 35.7 Å². The summed E-state index contributed by atoms with van der Waals surface area (Å²) in [6.07, 6.45) is 1.88. The van der Waals surface area contributed by atoms with Gasteiger partial charge in [0.25, 0.3) is 0 Å². The van der Waals surface area contributed by atoms with Crippen LogP contribution >= 0.6 is 0 Å². The maximum absolute atomic E-state index is 5.86. The fraction of sp³-hybridized carbons (Fsp3) is 1.00. The fourth-order valence-electron chi connectivity index (χ4n) is 3.46. The van der Waals surface area contributed by atoms with Crippen molar-refractivity contribution in [3.8, 4) is 0 Å². The van der Waals surface area contributed by atoms with Crippen molar-refractivity contribution in [2.24, 2.45) is 0 Å². The van der Waals surface area contributed by atoms with Crippen LogP contribution < -0.4 is 10.6 Å². The molecule has 0 saturated carbocycles. The van der Waals surface area contributed by atoms with Crippen LogP contribution in [0.4, 0.5) is 0 Å². The van der Waals surface area contributed by atoms with Crippen molar-refractivity contribution in [2.45, 2.75) is 52.6 Å². The van der Waals surface area contributed by atoms with E-state index in [0.29, 0.717) is 32.5 Å². The van der Waals surface area contributed by atoms with Gasteiger partial charge in [-0.3, -0.25) is 0 Å². The van der Waals surface area contributed by atoms with Gasteiger partial charge in [0.15, 0.2) is 0 Å². The molecule has 0 unspecified atom stereocenters. The van der Waals surface area contributed by atoms with Crippen LogP contribution in [0.2, 0.25) is 12.1 Å². The molecule has 0 aromatic heterocycles. The zero-order chi connectivity index (χ0) is 33.7. The highest BCUT2D eigenvalue weighted by Crippen LogP contribution is 2.22. The van der Waals surface area contributed by atoms with Crippen LogP contribution in [0.25, 0.3) is 0 Å². The Labute approximate surface area is 271 Å². The zero-order valence-corrected chi connectivity index (χ0v) is 33.9. The van der Waals surface area contributed by atoms with Gasteiger partial charge in [-0.25, -0.2) is 0 Å². The molecule has 0 radical (unpaired) electrons. The Morgan fingerprint density at radius 3 is 0.955 bits per heavy atom. The van der Waals surface area contributed by atoms with Crippen molar-refractivity contribution < 1.29 is 62.7 Å². The van der Waals surface area contributed by atoms with E-state index in [9.17, 15) is 0 Å². The minimum absolute atomic E-state index is 0. The van der Waals surface area contributed by atoms with Gasteiger partial charge in [0.2, 0.25) is 0 Å². The molecule has 0 aromatic carbocycles. The third-order valence-corrected chi connectivity index (χ3v) is 17.0. The number of nitrogens with one attached hydrogen (secondary N) is 2. The van der Waals surface area contributed by atoms with Crippen LogP contribution in [-0.4, -0.2) is 152 Å². The topological polar surface area (TPSA) is 176 Å². The minimum Gasteiger partial charge on any atom is -0.412 e. The van der Waals surface area contributed by atoms with E-state index in [0.717, 1.165) is 32.0 Å². The molecule has 0 heterocycles. The maximum Gasteiger partial charge on any atom is 0.679 e. The predicted molar refractivity (Wildman–Crippen MR) is 177 cm³/mol. The van der Waals surface area contributed by atoms with Crippen molar-refractivity contribution in [1.82, 2.24) is 10.6 Å². The summed E-state index contributed by atoms with van der Waals surface area (Å²) in [6.45, 7) is 11.6. The van der Waals surface area contributed by atoms with Gasteiger partial charge >= 0.3 is 35.7 Å². The van der Waals surface area contributed by atoms with Crippen LogP contribution in [0.3, 0.4) is 0 Å². The molecule has 4 N–H and O–H groups in total. The summed E-state index contributed by atoms with van der Waals surface area (Å²) in [5, 5.41) is 6.13. The van der Waals surface area contributed by atoms with Crippen LogP contribution in [0.5, 0.6) is 0 Å². The second-order valence-corrected chi connectivity index (χ2v) is 19.2. The van der Waals surface area contributed by atoms with Crippen LogP contribution in [0.1, 0.15) is 40.5 Å². The van der Waals surface area contributed by atoms with Gasteiger partial charge in [0.05, 0.1) is 0 Å². The van der Waals surface area contributed by atoms with E-state index in [1.165, 1.54) is 21.3 Å². The van der Waals surface area contributed by atoms with Gasteiger partial charge in [-0.2, -0.15) is 0 Å². The molecule has 272 valence electrons. The second kappa shape index (κ2) is 31.8. The molecule has 16 nitrogen and oxygen atoms in total. The molecule has 0 atom stereocenters. The van der Waals surface area contributed by atoms with Crippen molar-refractivity contribution in [1.29, 1.82) is 0 Å². The van der Waals surface area contributed by atoms with Gasteiger partial charge in [0, 0.05) is 95.4 Å². The van der Waals surface area contributed by atoms with Crippen LogP contribution in [-0.2, 0) is 57.2 Å². The second-order valence-electron chi connectivity index (χ2n) is 8.25. The Morgan fingerprint density at radius 1 is 0.432 bits per heavy atom. The normalized spacial score (nSPS) is 12.1. The van der Waals surface area contributed by atoms with E-state index in [-0.39, 0.29) is 5.48 Å². The van der Waals surface area contributed by atoms with Gasteiger partial charge in [0.1, 0.15) is 0 Å². The van der Waals surface area contributed by atoms with E-state index in [2.05, 4.69) is 10.6 Å². The predicted octanol–water partition coefficient (Wildman–Crippen LogP) is 1.44. The summed E-state index contributed by atoms with van der Waals surface area (Å²) < 4.78 is 69.9. The number of hydrogen-bond donors (Lipinski definition) is 2. The molecule has 0 aliphatic rings. The van der Waals surface area contributed by atoms with Gasteiger partial charge in [-0.1, -0.05) is 0 Å². The molecule has 0 spiro atoms. The minimum atomic E-state index is -3.16. The van der Waals surface area contributed by atoms with E-state index in [1.54, 1.807) is 35.5 Å². The van der Waals surface area contributed by atoms with E-state index < -0.39 is 35.7 Å². The Balaban J connectivity index is -0.000000277. The quantitative estimate of drug-likeness (QED) is 0.0970. The molecular formula is C24H66N2O14Si4. The molecule has 0 bridgehead atoms. The van der Waals surface area contributed by atoms with Gasteiger partial charge < -0.3 is 73.3 Å². The zero-order valence-electron chi connectivity index (χ0n) is 29.9. The Kier molecular flexibility index (Phi) is 36.9. The molecule has 0 rings (SSSR count). The first-order valence-corrected chi connectivity index (χ1v) is 21.7. The average molecular weight is 719 g/mol. The summed E-state index contributed by atoms with van der Waals surface area (Å²) in [7, 11) is 5.22. The lowest BCUT2D eigenvalue weighted by Crippen LogP contribution is -2.58. The first-order chi connectivity index (χ1) is 20.6. The molecule has 0 saturated heterocycles. The molecular weight excluding hydrogens is 653 g/mol. The van der Waals surface area contributed by atoms with E-state index in [1.807, 2.05) is 41.8 Å². The lowest BCUT2D eigenvalue weighted by molar-refractivity contribution is -0.0247. The van der Waals surface area contributed by atoms with Crippen LogP contribution in [0.15, 0.2) is 0 Å². The molecule has 0 aliphatic carbocycles. The largest absolute Gasteiger partial charge is 0.679 e. The fourth-order valence-corrected chi connectivity index (χ4v) is 12.4. The first-order valence-electron chi connectivity index (χ1n) is 14.5. The summed E-state index contributed by atoms with van der Waals surface area (Å²) in [6, 6.07) is 1.52. The molecule has 20 heteroatoms. The summed E-state index contributed by atoms with van der Waals surface area (Å²) >= 11 is 0. The molecule has 0 amide bonds. The van der Waals surface area contributed by atoms with E-state index in [4.69, 9.17) is 57.2 Å². The molecule has 44 heavy (non-hydrogen) atoms.